The molecule has 120 valence electrons. The van der Waals surface area contributed by atoms with Crippen molar-refractivity contribution >= 4 is 11.9 Å². The highest BCUT2D eigenvalue weighted by atomic mass is 16.4. The van der Waals surface area contributed by atoms with Crippen LogP contribution >= 0.6 is 0 Å². The van der Waals surface area contributed by atoms with Crippen LogP contribution in [0.4, 0.5) is 0 Å². The Morgan fingerprint density at radius 1 is 1.23 bits per heavy atom. The third-order valence-electron chi connectivity index (χ3n) is 4.66. The van der Waals surface area contributed by atoms with Gasteiger partial charge in [0.1, 0.15) is 0 Å². The zero-order chi connectivity index (χ0) is 16.1. The van der Waals surface area contributed by atoms with Crippen molar-refractivity contribution in [2.45, 2.75) is 63.5 Å². The molecule has 1 fully saturated rings. The van der Waals surface area contributed by atoms with Gasteiger partial charge in [0.2, 0.25) is 5.91 Å². The maximum Gasteiger partial charge on any atom is 0.303 e. The molecule has 0 aromatic heterocycles. The van der Waals surface area contributed by atoms with E-state index in [1.54, 1.807) is 0 Å². The molecule has 1 saturated carbocycles. The number of rotatable bonds is 9. The predicted molar refractivity (Wildman–Crippen MR) is 81.1 cm³/mol. The minimum Gasteiger partial charge on any atom is -0.481 e. The maximum atomic E-state index is 12.0. The van der Waals surface area contributed by atoms with Gasteiger partial charge in [-0.3, -0.25) is 9.59 Å². The number of carbonyl (C=O) groups is 2. The largest absolute Gasteiger partial charge is 0.481 e. The SMILES string of the molecule is C#CCCC1(CCC(=O)NCC2(CC(=O)O)CCCC2)N=N1. The van der Waals surface area contributed by atoms with E-state index >= 15 is 0 Å². The van der Waals surface area contributed by atoms with Crippen LogP contribution in [0, 0.1) is 17.8 Å². The van der Waals surface area contributed by atoms with Gasteiger partial charge in [-0.25, -0.2) is 0 Å². The zero-order valence-corrected chi connectivity index (χ0v) is 12.8. The van der Waals surface area contributed by atoms with E-state index in [4.69, 9.17) is 11.5 Å². The summed E-state index contributed by atoms with van der Waals surface area (Å²) in [6.45, 7) is 0.448. The number of hydrogen-bond donors (Lipinski definition) is 2. The number of nitrogens with zero attached hydrogens (tertiary/aromatic N) is 2. The molecule has 0 aromatic rings. The van der Waals surface area contributed by atoms with Gasteiger partial charge in [-0.2, -0.15) is 10.2 Å². The number of aliphatic carboxylic acids is 1. The topological polar surface area (TPSA) is 91.1 Å². The minimum atomic E-state index is -0.792. The van der Waals surface area contributed by atoms with E-state index in [-0.39, 0.29) is 17.7 Å². The van der Waals surface area contributed by atoms with Crippen LogP contribution in [0.5, 0.6) is 0 Å². The summed E-state index contributed by atoms with van der Waals surface area (Å²) < 4.78 is 0. The Bertz CT molecular complexity index is 495. The van der Waals surface area contributed by atoms with E-state index in [1.807, 2.05) is 0 Å². The van der Waals surface area contributed by atoms with Crippen LogP contribution in [0.2, 0.25) is 0 Å². The molecule has 2 rings (SSSR count). The zero-order valence-electron chi connectivity index (χ0n) is 12.8. The summed E-state index contributed by atoms with van der Waals surface area (Å²) in [4.78, 5) is 23.0. The molecule has 0 spiro atoms. The predicted octanol–water partition coefficient (Wildman–Crippen LogP) is 2.49. The molecular formula is C16H23N3O3. The highest BCUT2D eigenvalue weighted by Crippen LogP contribution is 2.41. The Balaban J connectivity index is 1.73. The first kappa shape index (κ1) is 16.5. The first-order valence-electron chi connectivity index (χ1n) is 7.85. The van der Waals surface area contributed by atoms with Crippen molar-refractivity contribution in [3.05, 3.63) is 0 Å². The van der Waals surface area contributed by atoms with Gasteiger partial charge >= 0.3 is 5.97 Å². The number of amides is 1. The fourth-order valence-corrected chi connectivity index (χ4v) is 3.22. The van der Waals surface area contributed by atoms with Gasteiger partial charge in [-0.1, -0.05) is 12.8 Å². The molecule has 0 bridgehead atoms. The number of terminal acetylenes is 1. The molecule has 1 amide bonds. The van der Waals surface area contributed by atoms with E-state index in [0.717, 1.165) is 25.7 Å². The van der Waals surface area contributed by atoms with Crippen molar-refractivity contribution in [2.75, 3.05) is 6.54 Å². The van der Waals surface area contributed by atoms with Gasteiger partial charge < -0.3 is 10.4 Å². The Morgan fingerprint density at radius 2 is 1.91 bits per heavy atom. The molecule has 6 nitrogen and oxygen atoms in total. The van der Waals surface area contributed by atoms with Gasteiger partial charge in [0.25, 0.3) is 0 Å². The minimum absolute atomic E-state index is 0.0611. The molecule has 0 radical (unpaired) electrons. The molecule has 2 N–H and O–H groups in total. The first-order valence-corrected chi connectivity index (χ1v) is 7.85. The van der Waals surface area contributed by atoms with Crippen LogP contribution in [0.25, 0.3) is 0 Å². The van der Waals surface area contributed by atoms with E-state index < -0.39 is 11.6 Å². The average molecular weight is 305 g/mol. The maximum absolute atomic E-state index is 12.0. The molecule has 0 unspecified atom stereocenters. The third-order valence-corrected chi connectivity index (χ3v) is 4.66. The summed E-state index contributed by atoms with van der Waals surface area (Å²) in [5.41, 5.74) is -0.702. The Kier molecular flexibility index (Phi) is 5.17. The second kappa shape index (κ2) is 6.91. The smallest absolute Gasteiger partial charge is 0.303 e. The Morgan fingerprint density at radius 3 is 2.45 bits per heavy atom. The fraction of sp³-hybridized carbons (Fsp3) is 0.750. The number of hydrogen-bond acceptors (Lipinski definition) is 4. The van der Waals surface area contributed by atoms with Gasteiger partial charge in [0.05, 0.1) is 6.42 Å². The number of carbonyl (C=O) groups excluding carboxylic acids is 1. The third kappa shape index (κ3) is 4.55. The summed E-state index contributed by atoms with van der Waals surface area (Å²) >= 11 is 0. The lowest BCUT2D eigenvalue weighted by atomic mass is 9.82. The van der Waals surface area contributed by atoms with Crippen LogP contribution in [0.3, 0.4) is 0 Å². The quantitative estimate of drug-likeness (QED) is 0.641. The van der Waals surface area contributed by atoms with Crippen LogP contribution in [-0.2, 0) is 9.59 Å². The van der Waals surface area contributed by atoms with Crippen molar-refractivity contribution in [3.63, 3.8) is 0 Å². The second-order valence-corrected chi connectivity index (χ2v) is 6.44. The van der Waals surface area contributed by atoms with Crippen molar-refractivity contribution < 1.29 is 14.7 Å². The number of carboxylic acid groups (broad SMARTS) is 1. The van der Waals surface area contributed by atoms with Gasteiger partial charge in [0.15, 0.2) is 5.66 Å². The van der Waals surface area contributed by atoms with Crippen molar-refractivity contribution in [2.24, 2.45) is 15.6 Å². The Hall–Kier alpha value is -1.90. The number of nitrogens with one attached hydrogen (secondary N) is 1. The monoisotopic (exact) mass is 305 g/mol. The molecule has 1 aliphatic heterocycles. The van der Waals surface area contributed by atoms with Crippen LogP contribution in [-0.4, -0.2) is 29.2 Å². The molecule has 22 heavy (non-hydrogen) atoms. The van der Waals surface area contributed by atoms with Crippen molar-refractivity contribution in [3.8, 4) is 12.3 Å². The van der Waals surface area contributed by atoms with Crippen LogP contribution in [0.15, 0.2) is 10.2 Å². The summed E-state index contributed by atoms with van der Waals surface area (Å²) in [6, 6.07) is 0. The highest BCUT2D eigenvalue weighted by Gasteiger charge is 2.40. The summed E-state index contributed by atoms with van der Waals surface area (Å²) in [5, 5.41) is 20.0. The lowest BCUT2D eigenvalue weighted by Crippen LogP contribution is -2.37. The summed E-state index contributed by atoms with van der Waals surface area (Å²) in [5.74, 6) is 1.71. The molecule has 0 aromatic carbocycles. The standard InChI is InChI=1S/C16H23N3O3/c1-2-3-9-16(18-19-16)10-6-13(20)17-12-15(11-14(21)22)7-4-5-8-15/h1H,3-12H2,(H,17,20)(H,21,22). The van der Waals surface area contributed by atoms with Crippen LogP contribution in [0.1, 0.15) is 57.8 Å². The molecule has 1 aliphatic carbocycles. The molecule has 0 atom stereocenters. The molecule has 0 saturated heterocycles. The lowest BCUT2D eigenvalue weighted by Gasteiger charge is -2.27. The first-order chi connectivity index (χ1) is 10.5. The van der Waals surface area contributed by atoms with Gasteiger partial charge in [0, 0.05) is 32.2 Å². The number of carboxylic acids is 1. The highest BCUT2D eigenvalue weighted by molar-refractivity contribution is 5.76. The molecular weight excluding hydrogens is 282 g/mol. The summed E-state index contributed by atoms with van der Waals surface area (Å²) in [7, 11) is 0. The van der Waals surface area contributed by atoms with Gasteiger partial charge in [-0.15, -0.1) is 12.3 Å². The second-order valence-electron chi connectivity index (χ2n) is 6.44. The van der Waals surface area contributed by atoms with E-state index in [2.05, 4.69) is 21.5 Å². The molecule has 6 heteroatoms. The van der Waals surface area contributed by atoms with Crippen LogP contribution < -0.4 is 5.32 Å². The Labute approximate surface area is 130 Å². The van der Waals surface area contributed by atoms with E-state index in [9.17, 15) is 9.59 Å². The average Bonchev–Trinajstić information content (AvgIpc) is 3.12. The van der Waals surface area contributed by atoms with Gasteiger partial charge in [-0.05, 0) is 18.3 Å². The lowest BCUT2D eigenvalue weighted by molar-refractivity contribution is -0.140. The van der Waals surface area contributed by atoms with E-state index in [0.29, 0.717) is 32.2 Å². The summed E-state index contributed by atoms with van der Waals surface area (Å²) in [6.07, 6.45) is 11.4. The molecule has 2 aliphatic rings. The normalized spacial score (nSPS) is 20.3. The van der Waals surface area contributed by atoms with E-state index in [1.165, 1.54) is 0 Å². The van der Waals surface area contributed by atoms with Crippen molar-refractivity contribution in [1.29, 1.82) is 0 Å². The molecule has 1 heterocycles. The van der Waals surface area contributed by atoms with Crippen molar-refractivity contribution in [1.82, 2.24) is 5.32 Å². The fourth-order valence-electron chi connectivity index (χ4n) is 3.22.